The molecule has 1 heterocycles. The van der Waals surface area contributed by atoms with Gasteiger partial charge in [-0.05, 0) is 54.7 Å². The van der Waals surface area contributed by atoms with Gasteiger partial charge in [-0.1, -0.05) is 39.8 Å². The van der Waals surface area contributed by atoms with Gasteiger partial charge in [0.2, 0.25) is 15.9 Å². The Morgan fingerprint density at radius 2 is 1.70 bits per heavy atom. The van der Waals surface area contributed by atoms with Crippen LogP contribution in [0.4, 0.5) is 5.69 Å². The molecule has 0 fully saturated rings. The number of carbonyl (C=O) groups excluding carboxylic acids is 1. The Bertz CT molecular complexity index is 1150. The maximum Gasteiger partial charge on any atom is 0.242 e. The zero-order valence-electron chi connectivity index (χ0n) is 17.8. The SMILES string of the molecule is Cc1nc2ccc(S(=O)(=O)NC(C(=O)Nc3ccc(C(C)C)cc3)C(C)C)cc2s1. The molecule has 0 bridgehead atoms. The Balaban J connectivity index is 1.79. The minimum Gasteiger partial charge on any atom is -0.325 e. The number of thiazole rings is 1. The van der Waals surface area contributed by atoms with E-state index < -0.39 is 16.1 Å². The highest BCUT2D eigenvalue weighted by molar-refractivity contribution is 7.89. The molecule has 0 saturated carbocycles. The first-order valence-electron chi connectivity index (χ1n) is 9.87. The van der Waals surface area contributed by atoms with Gasteiger partial charge in [0.1, 0.15) is 6.04 Å². The van der Waals surface area contributed by atoms with Gasteiger partial charge in [0.05, 0.1) is 20.1 Å². The zero-order chi connectivity index (χ0) is 22.1. The van der Waals surface area contributed by atoms with Crippen LogP contribution in [0, 0.1) is 12.8 Å². The van der Waals surface area contributed by atoms with Crippen LogP contribution in [0.3, 0.4) is 0 Å². The number of hydrogen-bond acceptors (Lipinski definition) is 5. The van der Waals surface area contributed by atoms with Crippen molar-refractivity contribution in [2.75, 3.05) is 5.32 Å². The van der Waals surface area contributed by atoms with E-state index >= 15 is 0 Å². The van der Waals surface area contributed by atoms with E-state index in [4.69, 9.17) is 0 Å². The number of anilines is 1. The quantitative estimate of drug-likeness (QED) is 0.553. The molecule has 0 aliphatic rings. The van der Waals surface area contributed by atoms with E-state index in [0.29, 0.717) is 11.6 Å². The fraction of sp³-hybridized carbons (Fsp3) is 0.364. The second kappa shape index (κ2) is 8.83. The Morgan fingerprint density at radius 1 is 1.03 bits per heavy atom. The lowest BCUT2D eigenvalue weighted by molar-refractivity contribution is -0.118. The third-order valence-electron chi connectivity index (χ3n) is 4.85. The number of fused-ring (bicyclic) bond motifs is 1. The summed E-state index contributed by atoms with van der Waals surface area (Å²) in [5.74, 6) is -0.227. The predicted octanol–water partition coefficient (Wildman–Crippen LogP) is 4.67. The minimum absolute atomic E-state index is 0.124. The fourth-order valence-electron chi connectivity index (χ4n) is 3.09. The molecule has 30 heavy (non-hydrogen) atoms. The van der Waals surface area contributed by atoms with Crippen molar-refractivity contribution in [2.45, 2.75) is 51.5 Å². The first-order chi connectivity index (χ1) is 14.1. The molecule has 2 aromatic carbocycles. The van der Waals surface area contributed by atoms with Crippen LogP contribution >= 0.6 is 11.3 Å². The second-order valence-electron chi connectivity index (χ2n) is 7.97. The fourth-order valence-corrected chi connectivity index (χ4v) is 5.40. The van der Waals surface area contributed by atoms with E-state index in [1.54, 1.807) is 12.1 Å². The van der Waals surface area contributed by atoms with Crippen molar-refractivity contribution in [3.8, 4) is 0 Å². The number of benzene rings is 2. The summed E-state index contributed by atoms with van der Waals surface area (Å²) < 4.78 is 29.3. The van der Waals surface area contributed by atoms with Gasteiger partial charge in [-0.2, -0.15) is 4.72 Å². The van der Waals surface area contributed by atoms with Crippen LogP contribution in [0.1, 0.15) is 44.2 Å². The summed E-state index contributed by atoms with van der Waals surface area (Å²) in [6, 6.07) is 11.5. The highest BCUT2D eigenvalue weighted by Crippen LogP contribution is 2.25. The van der Waals surface area contributed by atoms with Crippen molar-refractivity contribution in [3.63, 3.8) is 0 Å². The van der Waals surface area contributed by atoms with Crippen molar-refractivity contribution < 1.29 is 13.2 Å². The molecular weight excluding hydrogens is 418 g/mol. The lowest BCUT2D eigenvalue weighted by Gasteiger charge is -2.22. The van der Waals surface area contributed by atoms with Gasteiger partial charge >= 0.3 is 0 Å². The number of nitrogens with one attached hydrogen (secondary N) is 2. The molecule has 1 aromatic heterocycles. The molecule has 8 heteroatoms. The van der Waals surface area contributed by atoms with E-state index in [1.807, 2.05) is 45.0 Å². The topological polar surface area (TPSA) is 88.2 Å². The molecule has 1 amide bonds. The molecule has 1 unspecified atom stereocenters. The number of aromatic nitrogens is 1. The predicted molar refractivity (Wildman–Crippen MR) is 122 cm³/mol. The monoisotopic (exact) mass is 445 g/mol. The summed E-state index contributed by atoms with van der Waals surface area (Å²) in [4.78, 5) is 17.3. The summed E-state index contributed by atoms with van der Waals surface area (Å²) in [5.41, 5.74) is 2.57. The van der Waals surface area contributed by atoms with Crippen molar-refractivity contribution in [3.05, 3.63) is 53.0 Å². The van der Waals surface area contributed by atoms with Crippen LogP contribution in [-0.4, -0.2) is 25.4 Å². The molecular formula is C22H27N3O3S2. The van der Waals surface area contributed by atoms with Gasteiger partial charge in [-0.25, -0.2) is 13.4 Å². The van der Waals surface area contributed by atoms with E-state index in [-0.39, 0.29) is 16.7 Å². The number of amides is 1. The molecule has 0 spiro atoms. The number of sulfonamides is 1. The molecule has 0 saturated heterocycles. The third kappa shape index (κ3) is 5.06. The van der Waals surface area contributed by atoms with Crippen molar-refractivity contribution in [1.29, 1.82) is 0 Å². The standard InChI is InChI=1S/C22H27N3O3S2/c1-13(2)16-6-8-17(9-7-16)24-22(26)21(14(3)4)25-30(27,28)18-10-11-19-20(12-18)29-15(5)23-19/h6-14,21,25H,1-5H3,(H,24,26). The van der Waals surface area contributed by atoms with Crippen LogP contribution in [-0.2, 0) is 14.8 Å². The van der Waals surface area contributed by atoms with Crippen molar-refractivity contribution in [1.82, 2.24) is 9.71 Å². The maximum atomic E-state index is 13.0. The molecule has 0 aliphatic heterocycles. The molecule has 2 N–H and O–H groups in total. The second-order valence-corrected chi connectivity index (χ2v) is 10.9. The molecule has 160 valence electrons. The van der Waals surface area contributed by atoms with Gasteiger partial charge in [-0.15, -0.1) is 11.3 Å². The van der Waals surface area contributed by atoms with Crippen LogP contribution in [0.5, 0.6) is 0 Å². The molecule has 6 nitrogen and oxygen atoms in total. The van der Waals surface area contributed by atoms with Gasteiger partial charge in [0, 0.05) is 5.69 Å². The lowest BCUT2D eigenvalue weighted by Crippen LogP contribution is -2.47. The lowest BCUT2D eigenvalue weighted by atomic mass is 10.0. The number of hydrogen-bond donors (Lipinski definition) is 2. The van der Waals surface area contributed by atoms with Gasteiger partial charge in [-0.3, -0.25) is 4.79 Å². The first-order valence-corrected chi connectivity index (χ1v) is 12.2. The molecule has 3 rings (SSSR count). The van der Waals surface area contributed by atoms with Crippen molar-refractivity contribution >= 4 is 43.2 Å². The largest absolute Gasteiger partial charge is 0.325 e. The molecule has 1 atom stereocenters. The highest BCUT2D eigenvalue weighted by atomic mass is 32.2. The number of nitrogens with zero attached hydrogens (tertiary/aromatic N) is 1. The van der Waals surface area contributed by atoms with Crippen LogP contribution in [0.25, 0.3) is 10.2 Å². The number of aryl methyl sites for hydroxylation is 1. The number of carbonyl (C=O) groups is 1. The molecule has 0 aliphatic carbocycles. The summed E-state index contributed by atoms with van der Waals surface area (Å²) in [6.07, 6.45) is 0. The Labute approximate surface area is 181 Å². The average molecular weight is 446 g/mol. The van der Waals surface area contributed by atoms with Crippen molar-refractivity contribution in [2.24, 2.45) is 5.92 Å². The van der Waals surface area contributed by atoms with Gasteiger partial charge in [0.25, 0.3) is 0 Å². The smallest absolute Gasteiger partial charge is 0.242 e. The van der Waals surface area contributed by atoms with E-state index in [9.17, 15) is 13.2 Å². The van der Waals surface area contributed by atoms with Crippen LogP contribution in [0.15, 0.2) is 47.4 Å². The third-order valence-corrected chi connectivity index (χ3v) is 7.23. The first kappa shape index (κ1) is 22.4. The summed E-state index contributed by atoms with van der Waals surface area (Å²) in [7, 11) is -3.87. The van der Waals surface area contributed by atoms with Gasteiger partial charge < -0.3 is 5.32 Å². The zero-order valence-corrected chi connectivity index (χ0v) is 19.4. The Kier molecular flexibility index (Phi) is 6.59. The van der Waals surface area contributed by atoms with E-state index in [2.05, 4.69) is 28.9 Å². The normalized spacial score (nSPS) is 13.2. The summed E-state index contributed by atoms with van der Waals surface area (Å²) >= 11 is 1.44. The highest BCUT2D eigenvalue weighted by Gasteiger charge is 2.28. The molecule has 3 aromatic rings. The summed E-state index contributed by atoms with van der Waals surface area (Å²) in [5, 5.41) is 3.69. The van der Waals surface area contributed by atoms with E-state index in [1.165, 1.54) is 23.0 Å². The Morgan fingerprint density at radius 3 is 2.30 bits per heavy atom. The number of rotatable bonds is 7. The Hall–Kier alpha value is -2.29. The van der Waals surface area contributed by atoms with E-state index in [0.717, 1.165) is 15.2 Å². The minimum atomic E-state index is -3.87. The molecule has 0 radical (unpaired) electrons. The maximum absolute atomic E-state index is 13.0. The van der Waals surface area contributed by atoms with Crippen LogP contribution in [0.2, 0.25) is 0 Å². The summed E-state index contributed by atoms with van der Waals surface area (Å²) in [6.45, 7) is 9.70. The average Bonchev–Trinajstić information content (AvgIpc) is 3.05. The van der Waals surface area contributed by atoms with Gasteiger partial charge in [0.15, 0.2) is 0 Å². The van der Waals surface area contributed by atoms with Crippen LogP contribution < -0.4 is 10.0 Å².